The number of benzene rings is 1. The monoisotopic (exact) mass is 345 g/mol. The zero-order chi connectivity index (χ0) is 16.9. The first-order valence-corrected chi connectivity index (χ1v) is 9.79. The zero-order valence-corrected chi connectivity index (χ0v) is 14.8. The second-order valence-electron chi connectivity index (χ2n) is 6.23. The molecule has 24 heavy (non-hydrogen) atoms. The molecule has 1 aliphatic rings. The highest BCUT2D eigenvalue weighted by Gasteiger charge is 2.21. The van der Waals surface area contributed by atoms with E-state index in [9.17, 15) is 9.00 Å². The molecule has 5 heteroatoms. The quantitative estimate of drug-likeness (QED) is 0.844. The number of carbonyl (C=O) groups is 1. The Hall–Kier alpha value is -1.88. The second kappa shape index (κ2) is 7.79. The molecule has 0 aliphatic carbocycles. The van der Waals surface area contributed by atoms with E-state index >= 15 is 0 Å². The summed E-state index contributed by atoms with van der Waals surface area (Å²) in [6.45, 7) is 3.54. The zero-order valence-electron chi connectivity index (χ0n) is 14.0. The summed E-state index contributed by atoms with van der Waals surface area (Å²) in [7, 11) is -1.17. The summed E-state index contributed by atoms with van der Waals surface area (Å²) in [5.41, 5.74) is 1.00. The van der Waals surface area contributed by atoms with E-state index in [1.165, 1.54) is 12.8 Å². The van der Waals surface area contributed by atoms with Crippen LogP contribution in [0.1, 0.15) is 47.6 Å². The fraction of sp³-hybridized carbons (Fsp3) is 0.421. The molecule has 0 bridgehead atoms. The van der Waals surface area contributed by atoms with E-state index in [2.05, 4.69) is 0 Å². The van der Waals surface area contributed by atoms with Crippen molar-refractivity contribution in [1.82, 2.24) is 4.90 Å². The maximum atomic E-state index is 12.5. The summed E-state index contributed by atoms with van der Waals surface area (Å²) in [4.78, 5) is 15.2. The Bertz CT molecular complexity index is 730. The molecule has 4 nitrogen and oxygen atoms in total. The number of rotatable bonds is 4. The van der Waals surface area contributed by atoms with Crippen molar-refractivity contribution < 1.29 is 13.4 Å². The summed E-state index contributed by atoms with van der Waals surface area (Å²) in [5, 5.41) is 0. The van der Waals surface area contributed by atoms with Crippen LogP contribution in [0.2, 0.25) is 0 Å². The highest BCUT2D eigenvalue weighted by molar-refractivity contribution is 7.84. The van der Waals surface area contributed by atoms with Crippen molar-refractivity contribution in [2.45, 2.75) is 43.3 Å². The van der Waals surface area contributed by atoms with E-state index in [1.54, 1.807) is 12.1 Å². The van der Waals surface area contributed by atoms with Gasteiger partial charge in [-0.2, -0.15) is 0 Å². The van der Waals surface area contributed by atoms with Gasteiger partial charge in [0.25, 0.3) is 5.91 Å². The highest BCUT2D eigenvalue weighted by Crippen LogP contribution is 2.19. The van der Waals surface area contributed by atoms with Crippen LogP contribution in [-0.2, 0) is 16.6 Å². The van der Waals surface area contributed by atoms with Crippen LogP contribution in [0.5, 0.6) is 0 Å². The molecule has 2 heterocycles. The lowest BCUT2D eigenvalue weighted by Crippen LogP contribution is -2.31. The van der Waals surface area contributed by atoms with Gasteiger partial charge in [-0.1, -0.05) is 31.0 Å². The van der Waals surface area contributed by atoms with Crippen molar-refractivity contribution in [2.24, 2.45) is 0 Å². The average molecular weight is 345 g/mol. The highest BCUT2D eigenvalue weighted by atomic mass is 32.2. The fourth-order valence-electron chi connectivity index (χ4n) is 3.02. The minimum absolute atomic E-state index is 0.0511. The lowest BCUT2D eigenvalue weighted by atomic mass is 10.2. The van der Waals surface area contributed by atoms with Gasteiger partial charge in [0, 0.05) is 18.0 Å². The third-order valence-electron chi connectivity index (χ3n) is 4.38. The van der Waals surface area contributed by atoms with E-state index in [-0.39, 0.29) is 11.7 Å². The molecule has 128 valence electrons. The third kappa shape index (κ3) is 3.96. The molecule has 0 radical (unpaired) electrons. The van der Waals surface area contributed by atoms with Gasteiger partial charge in [-0.05, 0) is 43.5 Å². The second-order valence-corrected chi connectivity index (χ2v) is 7.65. The first-order valence-electron chi connectivity index (χ1n) is 8.47. The molecule has 1 fully saturated rings. The van der Waals surface area contributed by atoms with Crippen molar-refractivity contribution in [2.75, 3.05) is 13.1 Å². The topological polar surface area (TPSA) is 50.5 Å². The van der Waals surface area contributed by atoms with Gasteiger partial charge in [-0.25, -0.2) is 0 Å². The van der Waals surface area contributed by atoms with Gasteiger partial charge in [0.15, 0.2) is 5.76 Å². The number of amides is 1. The molecule has 1 aliphatic heterocycles. The smallest absolute Gasteiger partial charge is 0.289 e. The molecular formula is C19H23NO3S. The van der Waals surface area contributed by atoms with E-state index < -0.39 is 10.8 Å². The van der Waals surface area contributed by atoms with Crippen LogP contribution in [0.25, 0.3) is 0 Å². The molecule has 2 aromatic rings. The van der Waals surface area contributed by atoms with Gasteiger partial charge < -0.3 is 9.32 Å². The lowest BCUT2D eigenvalue weighted by molar-refractivity contribution is 0.0728. The Kier molecular flexibility index (Phi) is 5.51. The Morgan fingerprint density at radius 1 is 1.08 bits per heavy atom. The Balaban J connectivity index is 1.68. The fourth-order valence-corrected chi connectivity index (χ4v) is 4.25. The first-order chi connectivity index (χ1) is 11.6. The summed E-state index contributed by atoms with van der Waals surface area (Å²) in [6.07, 6.45) is 4.47. The number of hydrogen-bond acceptors (Lipinski definition) is 3. The normalized spacial score (nSPS) is 16.6. The van der Waals surface area contributed by atoms with E-state index in [0.29, 0.717) is 11.5 Å². The molecule has 1 amide bonds. The molecule has 0 saturated carbocycles. The van der Waals surface area contributed by atoms with E-state index in [1.807, 2.05) is 36.1 Å². The average Bonchev–Trinajstić information content (AvgIpc) is 2.87. The van der Waals surface area contributed by atoms with Gasteiger partial charge in [-0.15, -0.1) is 0 Å². The SMILES string of the molecule is Cc1ccccc1[S@](=O)Cc1ccc(C(=O)N2CCCCCC2)o1. The molecule has 0 unspecified atom stereocenters. The van der Waals surface area contributed by atoms with Gasteiger partial charge in [-0.3, -0.25) is 9.00 Å². The standard InChI is InChI=1S/C19H23NO3S/c1-15-8-4-5-9-18(15)24(22)14-16-10-11-17(23-16)19(21)20-12-6-2-3-7-13-20/h4-5,8-11H,2-3,6-7,12-14H2,1H3/t24-/m1/s1. The Morgan fingerprint density at radius 3 is 2.50 bits per heavy atom. The van der Waals surface area contributed by atoms with Crippen LogP contribution in [0.3, 0.4) is 0 Å². The molecule has 1 saturated heterocycles. The van der Waals surface area contributed by atoms with Gasteiger partial charge in [0.2, 0.25) is 0 Å². The largest absolute Gasteiger partial charge is 0.455 e. The van der Waals surface area contributed by atoms with Crippen LogP contribution in [-0.4, -0.2) is 28.1 Å². The van der Waals surface area contributed by atoms with Crippen molar-refractivity contribution in [3.63, 3.8) is 0 Å². The Morgan fingerprint density at radius 2 is 1.79 bits per heavy atom. The number of hydrogen-bond donors (Lipinski definition) is 0. The number of furan rings is 1. The van der Waals surface area contributed by atoms with Gasteiger partial charge in [0.05, 0.1) is 16.6 Å². The number of nitrogens with zero attached hydrogens (tertiary/aromatic N) is 1. The van der Waals surface area contributed by atoms with Crippen molar-refractivity contribution in [3.8, 4) is 0 Å². The van der Waals surface area contributed by atoms with Crippen LogP contribution in [0, 0.1) is 6.92 Å². The van der Waals surface area contributed by atoms with Crippen molar-refractivity contribution in [1.29, 1.82) is 0 Å². The van der Waals surface area contributed by atoms with Crippen molar-refractivity contribution in [3.05, 3.63) is 53.5 Å². The molecule has 0 N–H and O–H groups in total. The molecule has 1 atom stereocenters. The summed E-state index contributed by atoms with van der Waals surface area (Å²) in [5.74, 6) is 1.19. The maximum Gasteiger partial charge on any atom is 0.289 e. The number of carbonyl (C=O) groups excluding carboxylic acids is 1. The summed E-state index contributed by atoms with van der Waals surface area (Å²) < 4.78 is 18.2. The first kappa shape index (κ1) is 17.0. The molecule has 1 aromatic carbocycles. The molecular weight excluding hydrogens is 322 g/mol. The van der Waals surface area contributed by atoms with E-state index in [4.69, 9.17) is 4.42 Å². The molecule has 0 spiro atoms. The third-order valence-corrected chi connectivity index (χ3v) is 5.87. The predicted molar refractivity (Wildman–Crippen MR) is 94.4 cm³/mol. The van der Waals surface area contributed by atoms with E-state index in [0.717, 1.165) is 36.4 Å². The lowest BCUT2D eigenvalue weighted by Gasteiger charge is -2.18. The molecule has 1 aromatic heterocycles. The maximum absolute atomic E-state index is 12.5. The van der Waals surface area contributed by atoms with Gasteiger partial charge >= 0.3 is 0 Å². The van der Waals surface area contributed by atoms with Crippen LogP contribution in [0.15, 0.2) is 45.7 Å². The van der Waals surface area contributed by atoms with Crippen LogP contribution >= 0.6 is 0 Å². The number of aryl methyl sites for hydroxylation is 1. The van der Waals surface area contributed by atoms with Crippen LogP contribution < -0.4 is 0 Å². The van der Waals surface area contributed by atoms with Crippen molar-refractivity contribution >= 4 is 16.7 Å². The predicted octanol–water partition coefficient (Wildman–Crippen LogP) is 3.91. The number of likely N-dealkylation sites (tertiary alicyclic amines) is 1. The van der Waals surface area contributed by atoms with Gasteiger partial charge in [0.1, 0.15) is 5.76 Å². The minimum atomic E-state index is -1.17. The summed E-state index contributed by atoms with van der Waals surface area (Å²) in [6, 6.07) is 11.1. The Labute approximate surface area is 145 Å². The molecule has 3 rings (SSSR count). The van der Waals surface area contributed by atoms with Crippen LogP contribution in [0.4, 0.5) is 0 Å². The summed E-state index contributed by atoms with van der Waals surface area (Å²) >= 11 is 0. The minimum Gasteiger partial charge on any atom is -0.455 e.